The zero-order valence-electron chi connectivity index (χ0n) is 6.91. The zero-order chi connectivity index (χ0) is 8.67. The Morgan fingerprint density at radius 1 is 1.15 bits per heavy atom. The Balaban J connectivity index is 2.43. The van der Waals surface area contributed by atoms with E-state index in [1.807, 2.05) is 30.3 Å². The predicted octanol–water partition coefficient (Wildman–Crippen LogP) is 2.37. The summed E-state index contributed by atoms with van der Waals surface area (Å²) in [7, 11) is 0. The SMILES string of the molecule is [c]1cccc2c3c(ccc12)OCO3. The molecule has 1 radical (unpaired) electrons. The van der Waals surface area contributed by atoms with Crippen molar-refractivity contribution in [2.75, 3.05) is 6.79 Å². The molecule has 13 heavy (non-hydrogen) atoms. The van der Waals surface area contributed by atoms with Gasteiger partial charge in [0.05, 0.1) is 0 Å². The first-order valence-corrected chi connectivity index (χ1v) is 4.14. The van der Waals surface area contributed by atoms with Gasteiger partial charge in [0.25, 0.3) is 0 Å². The Bertz CT molecular complexity index is 463. The molecule has 0 saturated carbocycles. The molecular weight excluding hydrogens is 164 g/mol. The quantitative estimate of drug-likeness (QED) is 0.605. The van der Waals surface area contributed by atoms with Crippen LogP contribution in [0.1, 0.15) is 0 Å². The molecule has 0 atom stereocenters. The van der Waals surface area contributed by atoms with Gasteiger partial charge in [0.1, 0.15) is 0 Å². The molecule has 2 aromatic rings. The number of fused-ring (bicyclic) bond motifs is 3. The van der Waals surface area contributed by atoms with Crippen molar-refractivity contribution in [2.24, 2.45) is 0 Å². The highest BCUT2D eigenvalue weighted by atomic mass is 16.7. The second-order valence-corrected chi connectivity index (χ2v) is 2.93. The second-order valence-electron chi connectivity index (χ2n) is 2.93. The van der Waals surface area contributed by atoms with Crippen molar-refractivity contribution in [1.29, 1.82) is 0 Å². The van der Waals surface area contributed by atoms with Gasteiger partial charge in [0.2, 0.25) is 6.79 Å². The molecule has 2 heteroatoms. The Kier molecular flexibility index (Phi) is 1.25. The summed E-state index contributed by atoms with van der Waals surface area (Å²) in [5.74, 6) is 1.67. The fraction of sp³-hybridized carbons (Fsp3) is 0.0909. The van der Waals surface area contributed by atoms with E-state index in [0.717, 1.165) is 22.3 Å². The first-order chi connectivity index (χ1) is 6.45. The van der Waals surface area contributed by atoms with E-state index in [-0.39, 0.29) is 0 Å². The average Bonchev–Trinajstić information content (AvgIpc) is 2.65. The van der Waals surface area contributed by atoms with Crippen LogP contribution in [0.4, 0.5) is 0 Å². The van der Waals surface area contributed by atoms with Crippen LogP contribution in [-0.2, 0) is 0 Å². The Morgan fingerprint density at radius 2 is 2.15 bits per heavy atom. The summed E-state index contributed by atoms with van der Waals surface area (Å²) in [5, 5.41) is 2.13. The molecule has 2 nitrogen and oxygen atoms in total. The van der Waals surface area contributed by atoms with Crippen LogP contribution >= 0.6 is 0 Å². The molecule has 1 aliphatic rings. The van der Waals surface area contributed by atoms with Crippen LogP contribution < -0.4 is 9.47 Å². The maximum absolute atomic E-state index is 5.37. The van der Waals surface area contributed by atoms with Gasteiger partial charge in [-0.1, -0.05) is 18.2 Å². The third-order valence-electron chi connectivity index (χ3n) is 2.18. The lowest BCUT2D eigenvalue weighted by Crippen LogP contribution is -1.93. The lowest BCUT2D eigenvalue weighted by Gasteiger charge is -2.00. The lowest BCUT2D eigenvalue weighted by molar-refractivity contribution is 0.175. The van der Waals surface area contributed by atoms with Crippen LogP contribution in [0.3, 0.4) is 0 Å². The van der Waals surface area contributed by atoms with Gasteiger partial charge in [-0.3, -0.25) is 0 Å². The summed E-state index contributed by atoms with van der Waals surface area (Å²) in [5.41, 5.74) is 0. The van der Waals surface area contributed by atoms with Crippen molar-refractivity contribution in [3.8, 4) is 11.5 Å². The first-order valence-electron chi connectivity index (χ1n) is 4.14. The fourth-order valence-electron chi connectivity index (χ4n) is 1.57. The van der Waals surface area contributed by atoms with Crippen LogP contribution in [0.2, 0.25) is 0 Å². The van der Waals surface area contributed by atoms with Gasteiger partial charge in [-0.25, -0.2) is 0 Å². The third kappa shape index (κ3) is 0.886. The summed E-state index contributed by atoms with van der Waals surface area (Å²) in [6.07, 6.45) is 0. The number of hydrogen-bond acceptors (Lipinski definition) is 2. The molecule has 63 valence electrons. The summed E-state index contributed by atoms with van der Waals surface area (Å²) in [6, 6.07) is 12.9. The van der Waals surface area contributed by atoms with Crippen molar-refractivity contribution in [2.45, 2.75) is 0 Å². The highest BCUT2D eigenvalue weighted by molar-refractivity contribution is 5.90. The van der Waals surface area contributed by atoms with E-state index < -0.39 is 0 Å². The van der Waals surface area contributed by atoms with Crippen LogP contribution in [0, 0.1) is 6.07 Å². The smallest absolute Gasteiger partial charge is 0.231 e. The normalized spacial score (nSPS) is 13.5. The van der Waals surface area contributed by atoms with E-state index in [0.29, 0.717) is 6.79 Å². The fourth-order valence-corrected chi connectivity index (χ4v) is 1.57. The number of rotatable bonds is 0. The number of hydrogen-bond donors (Lipinski definition) is 0. The van der Waals surface area contributed by atoms with Crippen LogP contribution in [0.25, 0.3) is 10.8 Å². The van der Waals surface area contributed by atoms with E-state index in [2.05, 4.69) is 6.07 Å². The highest BCUT2D eigenvalue weighted by Crippen LogP contribution is 2.38. The predicted molar refractivity (Wildman–Crippen MR) is 48.9 cm³/mol. The van der Waals surface area contributed by atoms with E-state index in [1.165, 1.54) is 0 Å². The van der Waals surface area contributed by atoms with Crippen molar-refractivity contribution in [3.63, 3.8) is 0 Å². The minimum absolute atomic E-state index is 0.323. The van der Waals surface area contributed by atoms with Gasteiger partial charge < -0.3 is 9.47 Å². The highest BCUT2D eigenvalue weighted by Gasteiger charge is 2.15. The molecular formula is C11H7O2. The molecule has 3 rings (SSSR count). The standard InChI is InChI=1S/C11H7O2/c1-2-4-9-8(3-1)5-6-10-11(9)13-7-12-10/h1-2,4-6H,7H2. The van der Waals surface area contributed by atoms with Crippen molar-refractivity contribution < 1.29 is 9.47 Å². The number of benzene rings is 2. The van der Waals surface area contributed by atoms with Crippen molar-refractivity contribution in [3.05, 3.63) is 36.4 Å². The van der Waals surface area contributed by atoms with Crippen molar-refractivity contribution in [1.82, 2.24) is 0 Å². The molecule has 0 saturated heterocycles. The summed E-state index contributed by atoms with van der Waals surface area (Å²) in [4.78, 5) is 0. The second kappa shape index (κ2) is 2.39. The van der Waals surface area contributed by atoms with E-state index in [4.69, 9.17) is 9.47 Å². The van der Waals surface area contributed by atoms with Gasteiger partial charge in [-0.2, -0.15) is 0 Å². The summed E-state index contributed by atoms with van der Waals surface area (Å²) in [6.45, 7) is 0.323. The molecule has 1 heterocycles. The Morgan fingerprint density at radius 3 is 3.15 bits per heavy atom. The van der Waals surface area contributed by atoms with Gasteiger partial charge >= 0.3 is 0 Å². The molecule has 0 N–H and O–H groups in total. The topological polar surface area (TPSA) is 18.5 Å². The van der Waals surface area contributed by atoms with E-state index >= 15 is 0 Å². The van der Waals surface area contributed by atoms with Crippen LogP contribution in [0.15, 0.2) is 30.3 Å². The van der Waals surface area contributed by atoms with Gasteiger partial charge in [-0.05, 0) is 23.6 Å². The minimum atomic E-state index is 0.323. The molecule has 0 unspecified atom stereocenters. The minimum Gasteiger partial charge on any atom is -0.454 e. The third-order valence-corrected chi connectivity index (χ3v) is 2.18. The molecule has 1 aliphatic heterocycles. The van der Waals surface area contributed by atoms with Crippen molar-refractivity contribution >= 4 is 10.8 Å². The largest absolute Gasteiger partial charge is 0.454 e. The molecule has 0 aliphatic carbocycles. The molecule has 2 aromatic carbocycles. The molecule has 0 aromatic heterocycles. The lowest BCUT2D eigenvalue weighted by atomic mass is 10.1. The molecule has 0 fully saturated rings. The molecule has 0 bridgehead atoms. The van der Waals surface area contributed by atoms with Gasteiger partial charge in [0.15, 0.2) is 11.5 Å². The zero-order valence-corrected chi connectivity index (χ0v) is 6.91. The number of ether oxygens (including phenoxy) is 2. The molecule has 0 spiro atoms. The monoisotopic (exact) mass is 171 g/mol. The van der Waals surface area contributed by atoms with E-state index in [1.54, 1.807) is 0 Å². The van der Waals surface area contributed by atoms with Crippen LogP contribution in [-0.4, -0.2) is 6.79 Å². The van der Waals surface area contributed by atoms with Crippen LogP contribution in [0.5, 0.6) is 11.5 Å². The van der Waals surface area contributed by atoms with E-state index in [9.17, 15) is 0 Å². The van der Waals surface area contributed by atoms with Gasteiger partial charge in [-0.15, -0.1) is 0 Å². The summed E-state index contributed by atoms with van der Waals surface area (Å²) < 4.78 is 10.6. The summed E-state index contributed by atoms with van der Waals surface area (Å²) >= 11 is 0. The van der Waals surface area contributed by atoms with Gasteiger partial charge in [0, 0.05) is 5.39 Å². The maximum Gasteiger partial charge on any atom is 0.231 e. The maximum atomic E-state index is 5.37. The first kappa shape index (κ1) is 6.78. The Labute approximate surface area is 75.7 Å². The Hall–Kier alpha value is -1.70. The average molecular weight is 171 g/mol. The molecule has 0 amide bonds.